The summed E-state index contributed by atoms with van der Waals surface area (Å²) in [6.07, 6.45) is 0.702. The Kier molecular flexibility index (Phi) is 6.16. The number of nitrogens with two attached hydrogens (primary N) is 1. The minimum absolute atomic E-state index is 0.241. The molecule has 0 spiro atoms. The van der Waals surface area contributed by atoms with Crippen LogP contribution in [0.15, 0.2) is 35.5 Å². The molecule has 1 amide bonds. The molecule has 0 fully saturated rings. The van der Waals surface area contributed by atoms with Gasteiger partial charge in [-0.2, -0.15) is 0 Å². The lowest BCUT2D eigenvalue weighted by Crippen LogP contribution is -2.13. The molecule has 0 unspecified atom stereocenters. The number of hydrogen-bond acceptors (Lipinski definition) is 6. The smallest absolute Gasteiger partial charge is 0.338 e. The molecule has 0 aliphatic rings. The fourth-order valence-corrected chi connectivity index (χ4v) is 2.60. The molecule has 8 heteroatoms. The van der Waals surface area contributed by atoms with Crippen LogP contribution in [0.2, 0.25) is 0 Å². The lowest BCUT2D eigenvalue weighted by Gasteiger charge is -2.05. The minimum atomic E-state index is -0.366. The van der Waals surface area contributed by atoms with Crippen LogP contribution in [0.1, 0.15) is 22.6 Å². The van der Waals surface area contributed by atoms with Crippen LogP contribution in [0, 0.1) is 0 Å². The molecule has 2 rings (SSSR count). The summed E-state index contributed by atoms with van der Waals surface area (Å²) in [5.74, 6) is 0.564. The van der Waals surface area contributed by atoms with Gasteiger partial charge in [-0.15, -0.1) is 10.2 Å². The van der Waals surface area contributed by atoms with E-state index in [-0.39, 0.29) is 24.9 Å². The van der Waals surface area contributed by atoms with Crippen LogP contribution in [-0.4, -0.2) is 39.0 Å². The van der Waals surface area contributed by atoms with E-state index < -0.39 is 0 Å². The summed E-state index contributed by atoms with van der Waals surface area (Å²) in [6.45, 7) is 0.280. The summed E-state index contributed by atoms with van der Waals surface area (Å²) in [7, 11) is 1.83. The van der Waals surface area contributed by atoms with Crippen LogP contribution in [-0.2, 0) is 23.0 Å². The Bertz CT molecular complexity index is 673. The second kappa shape index (κ2) is 8.33. The Morgan fingerprint density at radius 2 is 2.00 bits per heavy atom. The maximum atomic E-state index is 11.8. The zero-order chi connectivity index (χ0) is 16.7. The fraction of sp³-hybridized carbons (Fsp3) is 0.333. The predicted octanol–water partition coefficient (Wildman–Crippen LogP) is 1.18. The summed E-state index contributed by atoms with van der Waals surface area (Å²) >= 11 is 1.44. The van der Waals surface area contributed by atoms with E-state index in [2.05, 4.69) is 10.2 Å². The SMILES string of the molecule is Cn1c(CCC(N)=O)nnc1SCCOC(=O)c1ccccc1. The Morgan fingerprint density at radius 1 is 1.26 bits per heavy atom. The summed E-state index contributed by atoms with van der Waals surface area (Å²) in [5.41, 5.74) is 5.65. The van der Waals surface area contributed by atoms with Crippen LogP contribution >= 0.6 is 11.8 Å². The molecule has 1 heterocycles. The molecule has 122 valence electrons. The molecule has 23 heavy (non-hydrogen) atoms. The van der Waals surface area contributed by atoms with Gasteiger partial charge in [0.2, 0.25) is 5.91 Å². The highest BCUT2D eigenvalue weighted by atomic mass is 32.2. The normalized spacial score (nSPS) is 10.5. The van der Waals surface area contributed by atoms with E-state index >= 15 is 0 Å². The molecule has 7 nitrogen and oxygen atoms in total. The molecule has 0 aliphatic carbocycles. The number of aromatic nitrogens is 3. The van der Waals surface area contributed by atoms with E-state index in [0.29, 0.717) is 28.7 Å². The molecule has 0 atom stereocenters. The van der Waals surface area contributed by atoms with E-state index in [1.54, 1.807) is 24.3 Å². The fourth-order valence-electron chi connectivity index (χ4n) is 1.85. The largest absolute Gasteiger partial charge is 0.461 e. The van der Waals surface area contributed by atoms with E-state index in [1.807, 2.05) is 17.7 Å². The number of carbonyl (C=O) groups is 2. The molecule has 1 aromatic carbocycles. The van der Waals surface area contributed by atoms with Crippen molar-refractivity contribution in [1.82, 2.24) is 14.8 Å². The third-order valence-electron chi connectivity index (χ3n) is 3.08. The van der Waals surface area contributed by atoms with Crippen LogP contribution < -0.4 is 5.73 Å². The lowest BCUT2D eigenvalue weighted by atomic mass is 10.2. The first-order chi connectivity index (χ1) is 11.1. The number of hydrogen-bond donors (Lipinski definition) is 1. The van der Waals surface area contributed by atoms with E-state index in [9.17, 15) is 9.59 Å². The number of rotatable bonds is 8. The zero-order valence-electron chi connectivity index (χ0n) is 12.8. The van der Waals surface area contributed by atoms with E-state index in [1.165, 1.54) is 11.8 Å². The highest BCUT2D eigenvalue weighted by Crippen LogP contribution is 2.16. The summed E-state index contributed by atoms with van der Waals surface area (Å²) in [5, 5.41) is 8.79. The third-order valence-corrected chi connectivity index (χ3v) is 4.06. The number of primary amides is 1. The highest BCUT2D eigenvalue weighted by Gasteiger charge is 2.11. The van der Waals surface area contributed by atoms with Gasteiger partial charge in [-0.3, -0.25) is 4.79 Å². The second-order valence-electron chi connectivity index (χ2n) is 4.77. The van der Waals surface area contributed by atoms with Gasteiger partial charge in [-0.1, -0.05) is 30.0 Å². The van der Waals surface area contributed by atoms with E-state index in [0.717, 1.165) is 0 Å². The Balaban J connectivity index is 1.76. The standard InChI is InChI=1S/C15H18N4O3S/c1-19-13(8-7-12(16)20)17-18-15(19)23-10-9-22-14(21)11-5-3-2-4-6-11/h2-6H,7-10H2,1H3,(H2,16,20). The van der Waals surface area contributed by atoms with Gasteiger partial charge in [0.25, 0.3) is 0 Å². The third kappa shape index (κ3) is 5.10. The van der Waals surface area contributed by atoms with Gasteiger partial charge >= 0.3 is 5.97 Å². The number of aryl methyl sites for hydroxylation is 1. The topological polar surface area (TPSA) is 100 Å². The number of nitrogens with zero attached hydrogens (tertiary/aromatic N) is 3. The maximum absolute atomic E-state index is 11.8. The van der Waals surface area contributed by atoms with Crippen molar-refractivity contribution in [3.63, 3.8) is 0 Å². The van der Waals surface area contributed by atoms with Crippen LogP contribution in [0.25, 0.3) is 0 Å². The zero-order valence-corrected chi connectivity index (χ0v) is 13.6. The van der Waals surface area contributed by atoms with Gasteiger partial charge < -0.3 is 15.0 Å². The molecular weight excluding hydrogens is 316 g/mol. The number of esters is 1. The van der Waals surface area contributed by atoms with Crippen molar-refractivity contribution in [2.24, 2.45) is 12.8 Å². The van der Waals surface area contributed by atoms with Crippen LogP contribution in [0.4, 0.5) is 0 Å². The average Bonchev–Trinajstić information content (AvgIpc) is 2.90. The van der Waals surface area contributed by atoms with Gasteiger partial charge in [-0.25, -0.2) is 4.79 Å². The molecule has 0 saturated heterocycles. The van der Waals surface area contributed by atoms with Crippen molar-refractivity contribution in [1.29, 1.82) is 0 Å². The van der Waals surface area contributed by atoms with Crippen molar-refractivity contribution in [3.05, 3.63) is 41.7 Å². The first-order valence-corrected chi connectivity index (χ1v) is 8.08. The monoisotopic (exact) mass is 334 g/mol. The van der Waals surface area contributed by atoms with Gasteiger partial charge in [0.05, 0.1) is 5.56 Å². The summed E-state index contributed by atoms with van der Waals surface area (Å²) in [4.78, 5) is 22.6. The molecule has 0 radical (unpaired) electrons. The average molecular weight is 334 g/mol. The summed E-state index contributed by atoms with van der Waals surface area (Å²) in [6, 6.07) is 8.85. The van der Waals surface area contributed by atoms with Crippen LogP contribution in [0.5, 0.6) is 0 Å². The molecule has 2 N–H and O–H groups in total. The van der Waals surface area contributed by atoms with Gasteiger partial charge in [0.1, 0.15) is 12.4 Å². The quantitative estimate of drug-likeness (QED) is 0.442. The number of amides is 1. The molecule has 1 aromatic heterocycles. The molecule has 0 bridgehead atoms. The minimum Gasteiger partial charge on any atom is -0.461 e. The lowest BCUT2D eigenvalue weighted by molar-refractivity contribution is -0.118. The highest BCUT2D eigenvalue weighted by molar-refractivity contribution is 7.99. The molecule has 0 saturated carbocycles. The van der Waals surface area contributed by atoms with E-state index in [4.69, 9.17) is 10.5 Å². The Labute approximate surface area is 138 Å². The first kappa shape index (κ1) is 17.0. The van der Waals surface area contributed by atoms with Crippen molar-refractivity contribution in [2.45, 2.75) is 18.0 Å². The molecule has 0 aliphatic heterocycles. The van der Waals surface area contributed by atoms with Gasteiger partial charge in [-0.05, 0) is 12.1 Å². The van der Waals surface area contributed by atoms with Gasteiger partial charge in [0, 0.05) is 25.6 Å². The Hall–Kier alpha value is -2.35. The molecule has 2 aromatic rings. The Morgan fingerprint density at radius 3 is 2.70 bits per heavy atom. The van der Waals surface area contributed by atoms with Crippen molar-refractivity contribution >= 4 is 23.6 Å². The predicted molar refractivity (Wildman–Crippen MR) is 86.0 cm³/mol. The second-order valence-corrected chi connectivity index (χ2v) is 5.84. The van der Waals surface area contributed by atoms with Crippen LogP contribution in [0.3, 0.4) is 0 Å². The number of benzene rings is 1. The summed E-state index contributed by atoms with van der Waals surface area (Å²) < 4.78 is 7.01. The first-order valence-electron chi connectivity index (χ1n) is 7.09. The number of ether oxygens (including phenoxy) is 1. The van der Waals surface area contributed by atoms with Crippen molar-refractivity contribution < 1.29 is 14.3 Å². The van der Waals surface area contributed by atoms with Crippen molar-refractivity contribution in [3.8, 4) is 0 Å². The van der Waals surface area contributed by atoms with Gasteiger partial charge in [0.15, 0.2) is 5.16 Å². The number of carbonyl (C=O) groups excluding carboxylic acids is 2. The maximum Gasteiger partial charge on any atom is 0.338 e. The van der Waals surface area contributed by atoms with Crippen molar-refractivity contribution in [2.75, 3.05) is 12.4 Å². The number of thioether (sulfide) groups is 1. The molecular formula is C15H18N4O3S.